The van der Waals surface area contributed by atoms with Crippen LogP contribution in [0, 0.1) is 13.8 Å². The maximum atomic E-state index is 12.4. The normalized spacial score (nSPS) is 15.6. The molecule has 0 radical (unpaired) electrons. The number of ether oxygens (including phenoxy) is 2. The number of phenols is 2. The standard InChI is InChI=1S/C22H20N2O5/c1-12-7-17(25)13(2)21(26)16(12)10-23-24-22(27)20-11-28-18-8-14-5-3-4-6-15(14)9-19(18)29-20/h3-10,20,25-26H,11H2,1-2H3,(H,24,27)/b23-10+/t20-/m1/s1. The van der Waals surface area contributed by atoms with E-state index in [0.29, 0.717) is 28.2 Å². The predicted octanol–water partition coefficient (Wildman–Crippen LogP) is 3.16. The van der Waals surface area contributed by atoms with Crippen molar-refractivity contribution in [2.75, 3.05) is 6.61 Å². The molecule has 0 aliphatic carbocycles. The summed E-state index contributed by atoms with van der Waals surface area (Å²) in [4.78, 5) is 12.4. The van der Waals surface area contributed by atoms with Crippen molar-refractivity contribution in [2.45, 2.75) is 20.0 Å². The highest BCUT2D eigenvalue weighted by Crippen LogP contribution is 2.36. The van der Waals surface area contributed by atoms with E-state index in [9.17, 15) is 15.0 Å². The maximum Gasteiger partial charge on any atom is 0.284 e. The molecule has 1 aliphatic heterocycles. The van der Waals surface area contributed by atoms with Crippen LogP contribution in [-0.4, -0.2) is 35.0 Å². The zero-order chi connectivity index (χ0) is 20.5. The Morgan fingerprint density at radius 1 is 1.14 bits per heavy atom. The van der Waals surface area contributed by atoms with E-state index in [4.69, 9.17) is 9.47 Å². The highest BCUT2D eigenvalue weighted by atomic mass is 16.6. The third kappa shape index (κ3) is 3.54. The van der Waals surface area contributed by atoms with Crippen LogP contribution >= 0.6 is 0 Å². The Bertz CT molecular complexity index is 1140. The summed E-state index contributed by atoms with van der Waals surface area (Å²) in [6, 6.07) is 13.1. The molecule has 0 bridgehead atoms. The second-order valence-corrected chi connectivity index (χ2v) is 6.90. The molecular weight excluding hydrogens is 372 g/mol. The predicted molar refractivity (Wildman–Crippen MR) is 109 cm³/mol. The summed E-state index contributed by atoms with van der Waals surface area (Å²) in [5, 5.41) is 25.8. The van der Waals surface area contributed by atoms with Gasteiger partial charge in [0.1, 0.15) is 18.1 Å². The van der Waals surface area contributed by atoms with Gasteiger partial charge in [-0.3, -0.25) is 4.79 Å². The van der Waals surface area contributed by atoms with E-state index < -0.39 is 12.0 Å². The minimum Gasteiger partial charge on any atom is -0.508 e. The molecule has 0 fully saturated rings. The van der Waals surface area contributed by atoms with Crippen LogP contribution in [0.5, 0.6) is 23.0 Å². The Kier molecular flexibility index (Phi) is 4.72. The number of rotatable bonds is 3. The molecule has 0 saturated carbocycles. The lowest BCUT2D eigenvalue weighted by molar-refractivity contribution is -0.130. The molecule has 0 aromatic heterocycles. The maximum absolute atomic E-state index is 12.4. The summed E-state index contributed by atoms with van der Waals surface area (Å²) in [6.45, 7) is 3.38. The fraction of sp³-hybridized carbons (Fsp3) is 0.182. The van der Waals surface area contributed by atoms with Crippen molar-refractivity contribution in [3.05, 3.63) is 59.2 Å². The molecule has 148 valence electrons. The number of hydrogen-bond donors (Lipinski definition) is 3. The first-order valence-corrected chi connectivity index (χ1v) is 9.11. The third-order valence-corrected chi connectivity index (χ3v) is 4.90. The average molecular weight is 392 g/mol. The lowest BCUT2D eigenvalue weighted by Gasteiger charge is -2.25. The number of aromatic hydroxyl groups is 2. The Hall–Kier alpha value is -3.74. The van der Waals surface area contributed by atoms with E-state index >= 15 is 0 Å². The van der Waals surface area contributed by atoms with Gasteiger partial charge >= 0.3 is 0 Å². The number of hydrogen-bond acceptors (Lipinski definition) is 6. The second kappa shape index (κ2) is 7.35. The topological polar surface area (TPSA) is 100 Å². The van der Waals surface area contributed by atoms with Crippen LogP contribution < -0.4 is 14.9 Å². The number of carbonyl (C=O) groups excluding carboxylic acids is 1. The van der Waals surface area contributed by atoms with E-state index in [1.54, 1.807) is 13.8 Å². The van der Waals surface area contributed by atoms with Crippen LogP contribution in [0.1, 0.15) is 16.7 Å². The number of amides is 1. The molecule has 0 spiro atoms. The van der Waals surface area contributed by atoms with Gasteiger partial charge in [0, 0.05) is 11.1 Å². The molecule has 0 saturated heterocycles. The minimum absolute atomic E-state index is 0.000120. The van der Waals surface area contributed by atoms with Crippen LogP contribution in [0.4, 0.5) is 0 Å². The van der Waals surface area contributed by atoms with Gasteiger partial charge in [0.15, 0.2) is 11.5 Å². The minimum atomic E-state index is -0.850. The van der Waals surface area contributed by atoms with Crippen LogP contribution in [0.25, 0.3) is 10.8 Å². The number of nitrogens with zero attached hydrogens (tertiary/aromatic N) is 1. The molecule has 7 nitrogen and oxygen atoms in total. The van der Waals surface area contributed by atoms with E-state index in [1.165, 1.54) is 12.3 Å². The Morgan fingerprint density at radius 3 is 2.55 bits per heavy atom. The van der Waals surface area contributed by atoms with Gasteiger partial charge < -0.3 is 19.7 Å². The van der Waals surface area contributed by atoms with Gasteiger partial charge in [-0.25, -0.2) is 5.43 Å². The monoisotopic (exact) mass is 392 g/mol. The van der Waals surface area contributed by atoms with Crippen molar-refractivity contribution in [1.82, 2.24) is 5.43 Å². The van der Waals surface area contributed by atoms with Gasteiger partial charge in [-0.15, -0.1) is 0 Å². The number of fused-ring (bicyclic) bond motifs is 2. The van der Waals surface area contributed by atoms with E-state index in [2.05, 4.69) is 10.5 Å². The highest BCUT2D eigenvalue weighted by Gasteiger charge is 2.27. The zero-order valence-electron chi connectivity index (χ0n) is 16.0. The van der Waals surface area contributed by atoms with E-state index in [0.717, 1.165) is 10.8 Å². The summed E-state index contributed by atoms with van der Waals surface area (Å²) >= 11 is 0. The molecule has 1 amide bonds. The quantitative estimate of drug-likeness (QED) is 0.470. The number of phenolic OH excluding ortho intramolecular Hbond substituents is 2. The molecule has 3 aromatic rings. The van der Waals surface area contributed by atoms with Crippen LogP contribution in [0.3, 0.4) is 0 Å². The van der Waals surface area contributed by atoms with Crippen LogP contribution in [-0.2, 0) is 4.79 Å². The van der Waals surface area contributed by atoms with Crippen molar-refractivity contribution >= 4 is 22.9 Å². The molecule has 4 rings (SSSR count). The Balaban J connectivity index is 1.47. The molecule has 1 heterocycles. The zero-order valence-corrected chi connectivity index (χ0v) is 16.0. The molecule has 1 aliphatic rings. The molecule has 3 aromatic carbocycles. The smallest absolute Gasteiger partial charge is 0.284 e. The van der Waals surface area contributed by atoms with Crippen molar-refractivity contribution < 1.29 is 24.5 Å². The first-order chi connectivity index (χ1) is 13.9. The number of nitrogens with one attached hydrogen (secondary N) is 1. The average Bonchev–Trinajstić information content (AvgIpc) is 2.72. The molecule has 29 heavy (non-hydrogen) atoms. The van der Waals surface area contributed by atoms with Crippen molar-refractivity contribution in [3.8, 4) is 23.0 Å². The fourth-order valence-corrected chi connectivity index (χ4v) is 3.18. The summed E-state index contributed by atoms with van der Waals surface area (Å²) in [6.07, 6.45) is 0.484. The van der Waals surface area contributed by atoms with Crippen LogP contribution in [0.15, 0.2) is 47.6 Å². The second-order valence-electron chi connectivity index (χ2n) is 6.90. The molecular formula is C22H20N2O5. The lowest BCUT2D eigenvalue weighted by atomic mass is 10.0. The van der Waals surface area contributed by atoms with Gasteiger partial charge in [0.05, 0.1) is 6.21 Å². The van der Waals surface area contributed by atoms with Crippen molar-refractivity contribution in [1.29, 1.82) is 0 Å². The third-order valence-electron chi connectivity index (χ3n) is 4.90. The van der Waals surface area contributed by atoms with E-state index in [1.807, 2.05) is 36.4 Å². The molecule has 0 unspecified atom stereocenters. The largest absolute Gasteiger partial charge is 0.508 e. The number of hydrazone groups is 1. The number of benzene rings is 3. The Morgan fingerprint density at radius 2 is 1.83 bits per heavy atom. The molecule has 7 heteroatoms. The lowest BCUT2D eigenvalue weighted by Crippen LogP contribution is -2.42. The first kappa shape index (κ1) is 18.6. The van der Waals surface area contributed by atoms with Gasteiger partial charge in [-0.1, -0.05) is 24.3 Å². The number of aryl methyl sites for hydroxylation is 1. The van der Waals surface area contributed by atoms with Crippen LogP contribution in [0.2, 0.25) is 0 Å². The Labute approximate surface area is 167 Å². The highest BCUT2D eigenvalue weighted by molar-refractivity contribution is 5.89. The molecule has 1 atom stereocenters. The fourth-order valence-electron chi connectivity index (χ4n) is 3.18. The summed E-state index contributed by atoms with van der Waals surface area (Å²) in [5.41, 5.74) is 3.79. The summed E-state index contributed by atoms with van der Waals surface area (Å²) in [7, 11) is 0. The SMILES string of the molecule is Cc1cc(O)c(C)c(O)c1/C=N/NC(=O)[C@H]1COc2cc3ccccc3cc2O1. The van der Waals surface area contributed by atoms with Crippen molar-refractivity contribution in [2.24, 2.45) is 5.10 Å². The van der Waals surface area contributed by atoms with E-state index in [-0.39, 0.29) is 18.1 Å². The summed E-state index contributed by atoms with van der Waals surface area (Å²) in [5.74, 6) is 0.546. The van der Waals surface area contributed by atoms with Gasteiger partial charge in [-0.2, -0.15) is 5.10 Å². The number of carbonyl (C=O) groups is 1. The van der Waals surface area contributed by atoms with Crippen molar-refractivity contribution in [3.63, 3.8) is 0 Å². The molecule has 3 N–H and O–H groups in total. The summed E-state index contributed by atoms with van der Waals surface area (Å²) < 4.78 is 11.5. The first-order valence-electron chi connectivity index (χ1n) is 9.11. The van der Waals surface area contributed by atoms with Gasteiger partial charge in [-0.05, 0) is 48.4 Å². The van der Waals surface area contributed by atoms with Gasteiger partial charge in [0.25, 0.3) is 5.91 Å². The van der Waals surface area contributed by atoms with Gasteiger partial charge in [0.2, 0.25) is 6.10 Å².